The number of ether oxygens (including phenoxy) is 1. The van der Waals surface area contributed by atoms with Gasteiger partial charge >= 0.3 is 5.97 Å². The SMILES string of the molecule is CCCCC/C=C\C/C=C\CCCCCCCC(=O)OCCCCCCCCCCCCCCCCCCCCCCCCCCCCCCCCCC(C)CC. The minimum Gasteiger partial charge on any atom is -0.466 e. The highest BCUT2D eigenvalue weighted by Gasteiger charge is 2.03. The lowest BCUT2D eigenvalue weighted by Crippen LogP contribution is -2.05. The van der Waals surface area contributed by atoms with Crippen LogP contribution in [0.4, 0.5) is 0 Å². The molecule has 0 saturated heterocycles. The minimum atomic E-state index is 0.0154. The van der Waals surface area contributed by atoms with Crippen molar-refractivity contribution in [3.05, 3.63) is 24.3 Å². The molecule has 0 aromatic heterocycles. The van der Waals surface area contributed by atoms with Gasteiger partial charge in [-0.3, -0.25) is 4.79 Å². The molecule has 0 fully saturated rings. The second-order valence-corrected chi connectivity index (χ2v) is 18.5. The van der Waals surface area contributed by atoms with Crippen molar-refractivity contribution in [2.24, 2.45) is 5.92 Å². The van der Waals surface area contributed by atoms with Gasteiger partial charge in [-0.1, -0.05) is 283 Å². The molecule has 0 aromatic carbocycles. The van der Waals surface area contributed by atoms with E-state index in [1.807, 2.05) is 0 Å². The van der Waals surface area contributed by atoms with Crippen molar-refractivity contribution in [1.29, 1.82) is 0 Å². The zero-order valence-corrected chi connectivity index (χ0v) is 39.7. The molecule has 57 heavy (non-hydrogen) atoms. The maximum atomic E-state index is 12.0. The van der Waals surface area contributed by atoms with E-state index in [4.69, 9.17) is 4.74 Å². The highest BCUT2D eigenvalue weighted by molar-refractivity contribution is 5.69. The van der Waals surface area contributed by atoms with E-state index >= 15 is 0 Å². The topological polar surface area (TPSA) is 26.3 Å². The van der Waals surface area contributed by atoms with Gasteiger partial charge < -0.3 is 4.74 Å². The van der Waals surface area contributed by atoms with E-state index in [1.165, 1.54) is 257 Å². The fourth-order valence-electron chi connectivity index (χ4n) is 8.26. The van der Waals surface area contributed by atoms with Crippen LogP contribution in [-0.4, -0.2) is 12.6 Å². The third-order valence-corrected chi connectivity index (χ3v) is 12.6. The van der Waals surface area contributed by atoms with Crippen LogP contribution in [0.15, 0.2) is 24.3 Å². The Bertz CT molecular complexity index is 798. The molecule has 0 aliphatic heterocycles. The molecule has 2 heteroatoms. The Balaban J connectivity index is 3.16. The van der Waals surface area contributed by atoms with E-state index in [0.717, 1.165) is 31.6 Å². The summed E-state index contributed by atoms with van der Waals surface area (Å²) in [5, 5.41) is 0. The second kappa shape index (κ2) is 51.1. The fourth-order valence-corrected chi connectivity index (χ4v) is 8.26. The lowest BCUT2D eigenvalue weighted by atomic mass is 9.99. The van der Waals surface area contributed by atoms with E-state index in [0.29, 0.717) is 13.0 Å². The van der Waals surface area contributed by atoms with Crippen LogP contribution in [0.1, 0.15) is 310 Å². The maximum absolute atomic E-state index is 12.0. The summed E-state index contributed by atoms with van der Waals surface area (Å²) < 4.78 is 5.48. The summed E-state index contributed by atoms with van der Waals surface area (Å²) in [5.41, 5.74) is 0. The average molecular weight is 799 g/mol. The van der Waals surface area contributed by atoms with Crippen molar-refractivity contribution in [2.45, 2.75) is 310 Å². The zero-order chi connectivity index (χ0) is 41.2. The second-order valence-electron chi connectivity index (χ2n) is 18.5. The number of rotatable bonds is 49. The van der Waals surface area contributed by atoms with Crippen LogP contribution >= 0.6 is 0 Å². The first kappa shape index (κ1) is 55.9. The lowest BCUT2D eigenvalue weighted by molar-refractivity contribution is -0.143. The van der Waals surface area contributed by atoms with Crippen molar-refractivity contribution in [2.75, 3.05) is 6.61 Å². The van der Waals surface area contributed by atoms with Gasteiger partial charge in [0.25, 0.3) is 0 Å². The number of allylic oxidation sites excluding steroid dienone is 4. The van der Waals surface area contributed by atoms with Crippen LogP contribution < -0.4 is 0 Å². The van der Waals surface area contributed by atoms with E-state index in [1.54, 1.807) is 0 Å². The number of esters is 1. The van der Waals surface area contributed by atoms with Gasteiger partial charge in [0.15, 0.2) is 0 Å². The quantitative estimate of drug-likeness (QED) is 0.0348. The Labute approximate surface area is 360 Å². The molecule has 0 radical (unpaired) electrons. The van der Waals surface area contributed by atoms with Crippen LogP contribution in [0, 0.1) is 5.92 Å². The van der Waals surface area contributed by atoms with Crippen LogP contribution in [0.3, 0.4) is 0 Å². The van der Waals surface area contributed by atoms with Crippen LogP contribution in [0.25, 0.3) is 0 Å². The third kappa shape index (κ3) is 51.0. The number of hydrogen-bond acceptors (Lipinski definition) is 2. The standard InChI is InChI=1S/C55H106O2/c1-4-6-7-8-9-10-11-12-30-34-37-40-43-46-49-52-55(56)57-53-50-47-44-41-38-35-32-29-27-25-23-21-19-17-15-13-14-16-18-20-22-24-26-28-31-33-36-39-42-45-48-51-54(3)5-2/h9-10,12,30,54H,4-8,11,13-29,31-53H2,1-3H3/b10-9-,30-12-. The van der Waals surface area contributed by atoms with Gasteiger partial charge in [-0.05, 0) is 50.9 Å². The van der Waals surface area contributed by atoms with E-state index in [9.17, 15) is 4.79 Å². The maximum Gasteiger partial charge on any atom is 0.305 e. The zero-order valence-electron chi connectivity index (χ0n) is 39.7. The number of carbonyl (C=O) groups excluding carboxylic acids is 1. The molecule has 0 saturated carbocycles. The molecule has 1 atom stereocenters. The molecule has 0 aromatic rings. The first-order valence-corrected chi connectivity index (χ1v) is 26.7. The van der Waals surface area contributed by atoms with Gasteiger partial charge in [0.05, 0.1) is 6.61 Å². The summed E-state index contributed by atoms with van der Waals surface area (Å²) in [6.07, 6.45) is 70.4. The van der Waals surface area contributed by atoms with Crippen molar-refractivity contribution in [3.8, 4) is 0 Å². The molecule has 0 bridgehead atoms. The van der Waals surface area contributed by atoms with Gasteiger partial charge in [-0.2, -0.15) is 0 Å². The van der Waals surface area contributed by atoms with Crippen LogP contribution in [0.5, 0.6) is 0 Å². The molecule has 0 heterocycles. The van der Waals surface area contributed by atoms with E-state index in [-0.39, 0.29) is 5.97 Å². The molecule has 1 unspecified atom stereocenters. The van der Waals surface area contributed by atoms with Crippen molar-refractivity contribution >= 4 is 5.97 Å². The summed E-state index contributed by atoms with van der Waals surface area (Å²) in [7, 11) is 0. The Hall–Kier alpha value is -1.05. The minimum absolute atomic E-state index is 0.0154. The molecule has 0 spiro atoms. The highest BCUT2D eigenvalue weighted by atomic mass is 16.5. The number of hydrogen-bond donors (Lipinski definition) is 0. The highest BCUT2D eigenvalue weighted by Crippen LogP contribution is 2.18. The smallest absolute Gasteiger partial charge is 0.305 e. The van der Waals surface area contributed by atoms with Gasteiger partial charge in [-0.15, -0.1) is 0 Å². The molecule has 0 aliphatic rings. The normalized spacial score (nSPS) is 12.4. The Kier molecular flexibility index (Phi) is 50.2. The van der Waals surface area contributed by atoms with E-state index in [2.05, 4.69) is 45.1 Å². The Morgan fingerprint density at radius 3 is 1.07 bits per heavy atom. The molecular weight excluding hydrogens is 693 g/mol. The molecule has 0 rings (SSSR count). The predicted molar refractivity (Wildman–Crippen MR) is 258 cm³/mol. The van der Waals surface area contributed by atoms with Gasteiger partial charge in [0.1, 0.15) is 0 Å². The summed E-state index contributed by atoms with van der Waals surface area (Å²) >= 11 is 0. The summed E-state index contributed by atoms with van der Waals surface area (Å²) in [6, 6.07) is 0. The third-order valence-electron chi connectivity index (χ3n) is 12.6. The largest absolute Gasteiger partial charge is 0.466 e. The molecular formula is C55H106O2. The molecule has 2 nitrogen and oxygen atoms in total. The van der Waals surface area contributed by atoms with Crippen LogP contribution in [0.2, 0.25) is 0 Å². The van der Waals surface area contributed by atoms with Crippen molar-refractivity contribution in [1.82, 2.24) is 0 Å². The summed E-state index contributed by atoms with van der Waals surface area (Å²) in [5.74, 6) is 0.955. The van der Waals surface area contributed by atoms with Crippen LogP contribution in [-0.2, 0) is 9.53 Å². The number of carbonyl (C=O) groups is 1. The number of unbranched alkanes of at least 4 members (excludes halogenated alkanes) is 38. The fraction of sp³-hybridized carbons (Fsp3) is 0.909. The predicted octanol–water partition coefficient (Wildman–Crippen LogP) is 19.9. The summed E-state index contributed by atoms with van der Waals surface area (Å²) in [4.78, 5) is 12.0. The first-order chi connectivity index (χ1) is 28.2. The molecule has 338 valence electrons. The van der Waals surface area contributed by atoms with E-state index < -0.39 is 0 Å². The van der Waals surface area contributed by atoms with Crippen molar-refractivity contribution < 1.29 is 9.53 Å². The Morgan fingerprint density at radius 1 is 0.386 bits per heavy atom. The van der Waals surface area contributed by atoms with Gasteiger partial charge in [-0.25, -0.2) is 0 Å². The lowest BCUT2D eigenvalue weighted by Gasteiger charge is -2.07. The first-order valence-electron chi connectivity index (χ1n) is 26.7. The van der Waals surface area contributed by atoms with Gasteiger partial charge in [0, 0.05) is 6.42 Å². The molecule has 0 amide bonds. The summed E-state index contributed by atoms with van der Waals surface area (Å²) in [6.45, 7) is 7.61. The Morgan fingerprint density at radius 2 is 0.702 bits per heavy atom. The van der Waals surface area contributed by atoms with Crippen molar-refractivity contribution in [3.63, 3.8) is 0 Å². The molecule has 0 aliphatic carbocycles. The average Bonchev–Trinajstić information content (AvgIpc) is 3.22. The van der Waals surface area contributed by atoms with Gasteiger partial charge in [0.2, 0.25) is 0 Å². The molecule has 0 N–H and O–H groups in total. The monoisotopic (exact) mass is 799 g/mol.